The van der Waals surface area contributed by atoms with Crippen molar-refractivity contribution in [3.63, 3.8) is 0 Å². The van der Waals surface area contributed by atoms with E-state index in [1.165, 1.54) is 18.2 Å². The van der Waals surface area contributed by atoms with Crippen LogP contribution in [0.5, 0.6) is 0 Å². The number of aliphatic carboxylic acids is 1. The van der Waals surface area contributed by atoms with Crippen molar-refractivity contribution in [3.8, 4) is 0 Å². The normalized spacial score (nSPS) is 15.9. The van der Waals surface area contributed by atoms with Gasteiger partial charge in [0.15, 0.2) is 5.82 Å². The molecular weight excluding hydrogens is 450 g/mol. The third-order valence-corrected chi connectivity index (χ3v) is 5.81. The van der Waals surface area contributed by atoms with Gasteiger partial charge in [-0.15, -0.1) is 0 Å². The van der Waals surface area contributed by atoms with E-state index >= 15 is 0 Å². The number of hydrogen-bond donors (Lipinski definition) is 2. The molecule has 1 unspecified atom stereocenters. The molecule has 0 amide bonds. The van der Waals surface area contributed by atoms with E-state index in [0.29, 0.717) is 41.4 Å². The predicted molar refractivity (Wildman–Crippen MR) is 128 cm³/mol. The molecule has 0 bridgehead atoms. The second kappa shape index (κ2) is 9.90. The minimum absolute atomic E-state index is 0.0621. The monoisotopic (exact) mass is 475 g/mol. The summed E-state index contributed by atoms with van der Waals surface area (Å²) in [7, 11) is 1.94. The lowest BCUT2D eigenvalue weighted by atomic mass is 9.80. The first-order valence-corrected chi connectivity index (χ1v) is 11.0. The number of non-ortho nitro benzene ring substituents is 1. The van der Waals surface area contributed by atoms with Crippen molar-refractivity contribution < 1.29 is 19.3 Å². The van der Waals surface area contributed by atoms with Crippen molar-refractivity contribution in [2.75, 3.05) is 7.05 Å². The Labute approximate surface area is 201 Å². The maximum atomic E-state index is 12.2. The molecule has 10 heteroatoms. The van der Waals surface area contributed by atoms with Crippen molar-refractivity contribution in [2.45, 2.75) is 32.9 Å². The lowest BCUT2D eigenvalue weighted by Gasteiger charge is -2.29. The summed E-state index contributed by atoms with van der Waals surface area (Å²) >= 11 is 0. The molecule has 0 saturated heterocycles. The number of carbonyl (C=O) groups is 1. The maximum Gasteiger partial charge on any atom is 0.334 e. The highest BCUT2D eigenvalue weighted by molar-refractivity contribution is 5.95. The van der Waals surface area contributed by atoms with E-state index in [1.54, 1.807) is 19.9 Å². The molecule has 2 N–H and O–H groups in total. The molecule has 180 valence electrons. The number of allylic oxidation sites excluding steroid dienone is 3. The van der Waals surface area contributed by atoms with Crippen LogP contribution in [0.1, 0.15) is 42.6 Å². The molecule has 2 heterocycles. The third kappa shape index (κ3) is 5.12. The van der Waals surface area contributed by atoms with Gasteiger partial charge < -0.3 is 14.9 Å². The summed E-state index contributed by atoms with van der Waals surface area (Å²) in [5.41, 5.74) is 3.08. The number of nitro benzene ring substituents is 1. The van der Waals surface area contributed by atoms with Gasteiger partial charge in [0.2, 0.25) is 0 Å². The Bertz CT molecular complexity index is 1330. The zero-order valence-corrected chi connectivity index (χ0v) is 19.6. The summed E-state index contributed by atoms with van der Waals surface area (Å²) in [6.07, 6.45) is 0. The molecule has 2 aromatic carbocycles. The van der Waals surface area contributed by atoms with Crippen LogP contribution in [0, 0.1) is 10.1 Å². The van der Waals surface area contributed by atoms with Crippen LogP contribution < -0.4 is 5.32 Å². The Morgan fingerprint density at radius 3 is 2.57 bits per heavy atom. The van der Waals surface area contributed by atoms with E-state index in [1.807, 2.05) is 42.3 Å². The highest BCUT2D eigenvalue weighted by Crippen LogP contribution is 2.43. The van der Waals surface area contributed by atoms with Crippen LogP contribution in [-0.4, -0.2) is 38.1 Å². The number of nitrogens with zero attached hydrogens (tertiary/aromatic N) is 4. The molecule has 4 rings (SSSR count). The first-order valence-electron chi connectivity index (χ1n) is 11.0. The van der Waals surface area contributed by atoms with Crippen molar-refractivity contribution >= 4 is 17.2 Å². The van der Waals surface area contributed by atoms with Crippen LogP contribution in [0.25, 0.3) is 5.57 Å². The third-order valence-electron chi connectivity index (χ3n) is 5.81. The average molecular weight is 476 g/mol. The van der Waals surface area contributed by atoms with Gasteiger partial charge in [-0.1, -0.05) is 47.6 Å². The number of aromatic nitrogens is 2. The quantitative estimate of drug-likeness (QED) is 0.365. The summed E-state index contributed by atoms with van der Waals surface area (Å²) < 4.78 is 5.58. The number of nitrogens with one attached hydrogen (secondary N) is 1. The molecule has 0 spiro atoms. The number of dihydropyridines is 1. The highest BCUT2D eigenvalue weighted by atomic mass is 16.6. The standard InChI is InChI=1S/C25H25N5O5/c1-15-21(24-27-20(28-35-24)14-29(3)13-17-8-5-4-6-9-17)23(22(25(31)32)16(2)26-15)18-10-7-11-19(12-18)30(33)34/h4-12,23,26H,13-14H2,1-3H3,(H,31,32). The van der Waals surface area contributed by atoms with Crippen LogP contribution in [0.3, 0.4) is 0 Å². The Morgan fingerprint density at radius 1 is 1.14 bits per heavy atom. The first kappa shape index (κ1) is 23.8. The molecule has 0 saturated carbocycles. The molecular formula is C25H25N5O5. The van der Waals surface area contributed by atoms with Crippen molar-refractivity contribution in [1.29, 1.82) is 0 Å². The Morgan fingerprint density at radius 2 is 1.89 bits per heavy atom. The summed E-state index contributed by atoms with van der Waals surface area (Å²) in [5.74, 6) is -1.36. The fourth-order valence-electron chi connectivity index (χ4n) is 4.33. The van der Waals surface area contributed by atoms with Crippen LogP contribution in [0.15, 0.2) is 76.1 Å². The van der Waals surface area contributed by atoms with E-state index in [0.717, 1.165) is 5.56 Å². The minimum atomic E-state index is -1.14. The van der Waals surface area contributed by atoms with Crippen LogP contribution in [0.4, 0.5) is 5.69 Å². The highest BCUT2D eigenvalue weighted by Gasteiger charge is 2.37. The fourth-order valence-corrected chi connectivity index (χ4v) is 4.33. The van der Waals surface area contributed by atoms with Gasteiger partial charge >= 0.3 is 5.97 Å². The smallest absolute Gasteiger partial charge is 0.334 e. The van der Waals surface area contributed by atoms with Crippen molar-refractivity contribution in [1.82, 2.24) is 20.4 Å². The predicted octanol–water partition coefficient (Wildman–Crippen LogP) is 4.09. The number of carboxylic acid groups (broad SMARTS) is 1. The zero-order chi connectivity index (χ0) is 25.1. The summed E-state index contributed by atoms with van der Waals surface area (Å²) in [6, 6.07) is 15.9. The van der Waals surface area contributed by atoms with Crippen LogP contribution >= 0.6 is 0 Å². The lowest BCUT2D eigenvalue weighted by molar-refractivity contribution is -0.384. The molecule has 1 aliphatic rings. The Hall–Kier alpha value is -4.31. The van der Waals surface area contributed by atoms with Gasteiger partial charge in [0.25, 0.3) is 11.6 Å². The molecule has 1 aliphatic heterocycles. The Kier molecular flexibility index (Phi) is 6.74. The Balaban J connectivity index is 1.69. The van der Waals surface area contributed by atoms with Crippen LogP contribution in [0.2, 0.25) is 0 Å². The van der Waals surface area contributed by atoms with Crippen molar-refractivity contribution in [3.05, 3.63) is 105 Å². The summed E-state index contributed by atoms with van der Waals surface area (Å²) in [4.78, 5) is 29.7. The molecule has 0 fully saturated rings. The van der Waals surface area contributed by atoms with Crippen LogP contribution in [-0.2, 0) is 17.9 Å². The van der Waals surface area contributed by atoms with Crippen molar-refractivity contribution in [2.24, 2.45) is 0 Å². The molecule has 1 atom stereocenters. The number of hydrogen-bond acceptors (Lipinski definition) is 8. The van der Waals surface area contributed by atoms with E-state index in [9.17, 15) is 20.0 Å². The molecule has 35 heavy (non-hydrogen) atoms. The topological polar surface area (TPSA) is 135 Å². The summed E-state index contributed by atoms with van der Waals surface area (Å²) in [5, 5.41) is 28.6. The van der Waals surface area contributed by atoms with E-state index < -0.39 is 16.8 Å². The zero-order valence-electron chi connectivity index (χ0n) is 19.6. The van der Waals surface area contributed by atoms with E-state index in [-0.39, 0.29) is 17.2 Å². The maximum absolute atomic E-state index is 12.2. The SMILES string of the molecule is CC1=C(C(=O)O)C(c2cccc([N+](=O)[O-])c2)C(c2nc(CN(C)Cc3ccccc3)no2)=C(C)N1. The molecule has 0 radical (unpaired) electrons. The average Bonchev–Trinajstić information content (AvgIpc) is 3.26. The van der Waals surface area contributed by atoms with E-state index in [4.69, 9.17) is 4.52 Å². The number of carboxylic acids is 1. The largest absolute Gasteiger partial charge is 0.478 e. The first-order chi connectivity index (χ1) is 16.7. The van der Waals surface area contributed by atoms with Gasteiger partial charge in [-0.05, 0) is 32.0 Å². The van der Waals surface area contributed by atoms with Gasteiger partial charge in [0, 0.05) is 35.6 Å². The molecule has 0 aliphatic carbocycles. The van der Waals surface area contributed by atoms with Gasteiger partial charge in [0.05, 0.1) is 23.0 Å². The van der Waals surface area contributed by atoms with E-state index in [2.05, 4.69) is 15.5 Å². The molecule has 3 aromatic rings. The number of nitro groups is 1. The molecule has 10 nitrogen and oxygen atoms in total. The van der Waals surface area contributed by atoms with Gasteiger partial charge in [-0.25, -0.2) is 4.79 Å². The minimum Gasteiger partial charge on any atom is -0.478 e. The van der Waals surface area contributed by atoms with Gasteiger partial charge in [-0.2, -0.15) is 4.98 Å². The second-order valence-electron chi connectivity index (χ2n) is 8.47. The molecule has 1 aromatic heterocycles. The van der Waals surface area contributed by atoms with Gasteiger partial charge in [0.1, 0.15) is 0 Å². The second-order valence-corrected chi connectivity index (χ2v) is 8.47. The fraction of sp³-hybridized carbons (Fsp3) is 0.240. The van der Waals surface area contributed by atoms with Gasteiger partial charge in [-0.3, -0.25) is 15.0 Å². The number of rotatable bonds is 8. The summed E-state index contributed by atoms with van der Waals surface area (Å²) in [6.45, 7) is 4.55. The lowest BCUT2D eigenvalue weighted by Crippen LogP contribution is -2.27. The number of benzene rings is 2.